The van der Waals surface area contributed by atoms with Gasteiger partial charge in [0, 0.05) is 17.8 Å². The molecule has 124 valence electrons. The highest BCUT2D eigenvalue weighted by Crippen LogP contribution is 2.30. The zero-order valence-corrected chi connectivity index (χ0v) is 14.2. The summed E-state index contributed by atoms with van der Waals surface area (Å²) in [6, 6.07) is 5.97. The number of nitrogens with zero attached hydrogens (tertiary/aromatic N) is 4. The van der Waals surface area contributed by atoms with Crippen LogP contribution in [-0.2, 0) is 10.4 Å². The molecule has 0 bridgehead atoms. The molecular formula is C17H20N6O. The Morgan fingerprint density at radius 3 is 2.83 bits per heavy atom. The van der Waals surface area contributed by atoms with Crippen LogP contribution < -0.4 is 10.6 Å². The second-order valence-electron chi connectivity index (χ2n) is 6.88. The van der Waals surface area contributed by atoms with Gasteiger partial charge in [0.2, 0.25) is 0 Å². The molecule has 3 aromatic heterocycles. The Morgan fingerprint density at radius 2 is 2.04 bits per heavy atom. The largest absolute Gasteiger partial charge is 0.385 e. The number of rotatable bonds is 2. The van der Waals surface area contributed by atoms with Crippen molar-refractivity contribution in [2.75, 3.05) is 5.01 Å². The lowest BCUT2D eigenvalue weighted by molar-refractivity contribution is 0.176. The number of aromatic amines is 1. The second-order valence-corrected chi connectivity index (χ2v) is 6.88. The van der Waals surface area contributed by atoms with Crippen molar-refractivity contribution < 1.29 is 4.84 Å². The molecule has 1 aliphatic heterocycles. The summed E-state index contributed by atoms with van der Waals surface area (Å²) in [6.07, 6.45) is 5.58. The van der Waals surface area contributed by atoms with E-state index in [1.54, 1.807) is 6.20 Å². The van der Waals surface area contributed by atoms with Crippen molar-refractivity contribution in [1.82, 2.24) is 25.3 Å². The minimum Gasteiger partial charge on any atom is -0.385 e. The maximum absolute atomic E-state index is 5.73. The molecule has 3 aromatic rings. The van der Waals surface area contributed by atoms with E-state index >= 15 is 0 Å². The zero-order chi connectivity index (χ0) is 16.9. The Kier molecular flexibility index (Phi) is 3.14. The fourth-order valence-corrected chi connectivity index (χ4v) is 2.85. The number of aryl methyl sites for hydroxylation is 1. The summed E-state index contributed by atoms with van der Waals surface area (Å²) in [6.45, 7) is 8.35. The molecule has 1 aliphatic rings. The third-order valence-electron chi connectivity index (χ3n) is 3.92. The number of pyridine rings is 1. The molecule has 7 nitrogen and oxygen atoms in total. The minimum atomic E-state index is -0.133. The van der Waals surface area contributed by atoms with Gasteiger partial charge in [0.25, 0.3) is 0 Å². The van der Waals surface area contributed by atoms with Crippen LogP contribution in [0.3, 0.4) is 0 Å². The van der Waals surface area contributed by atoms with Crippen LogP contribution in [0, 0.1) is 6.92 Å². The van der Waals surface area contributed by atoms with Crippen LogP contribution in [0.1, 0.15) is 32.2 Å². The van der Waals surface area contributed by atoms with Crippen LogP contribution in [0.5, 0.6) is 0 Å². The molecule has 0 spiro atoms. The van der Waals surface area contributed by atoms with Crippen molar-refractivity contribution in [3.05, 3.63) is 48.2 Å². The minimum absolute atomic E-state index is 0.133. The van der Waals surface area contributed by atoms with E-state index in [1.807, 2.05) is 47.2 Å². The lowest BCUT2D eigenvalue weighted by Gasteiger charge is -2.22. The van der Waals surface area contributed by atoms with Crippen LogP contribution in [0.4, 0.5) is 5.69 Å². The van der Waals surface area contributed by atoms with Crippen molar-refractivity contribution in [3.8, 4) is 0 Å². The molecule has 0 radical (unpaired) electrons. The van der Waals surface area contributed by atoms with Crippen molar-refractivity contribution in [2.45, 2.75) is 33.2 Å². The summed E-state index contributed by atoms with van der Waals surface area (Å²) in [4.78, 5) is 13.2. The van der Waals surface area contributed by atoms with E-state index in [2.05, 4.69) is 41.4 Å². The summed E-state index contributed by atoms with van der Waals surface area (Å²) < 4.78 is 1.98. The van der Waals surface area contributed by atoms with Gasteiger partial charge >= 0.3 is 0 Å². The van der Waals surface area contributed by atoms with Gasteiger partial charge in [0.15, 0.2) is 5.76 Å². The molecular weight excluding hydrogens is 304 g/mol. The van der Waals surface area contributed by atoms with E-state index in [0.717, 1.165) is 33.9 Å². The molecule has 0 saturated heterocycles. The molecule has 0 fully saturated rings. The molecule has 0 atom stereocenters. The highest BCUT2D eigenvalue weighted by molar-refractivity contribution is 5.90. The predicted octanol–water partition coefficient (Wildman–Crippen LogP) is 3.08. The smallest absolute Gasteiger partial charge is 0.192 e. The summed E-state index contributed by atoms with van der Waals surface area (Å²) in [5.74, 6) is 0.728. The summed E-state index contributed by atoms with van der Waals surface area (Å²) in [5.41, 5.74) is 6.52. The fourth-order valence-electron chi connectivity index (χ4n) is 2.85. The van der Waals surface area contributed by atoms with Crippen molar-refractivity contribution >= 4 is 22.5 Å². The number of nitrogens with one attached hydrogen (secondary N) is 2. The van der Waals surface area contributed by atoms with E-state index in [4.69, 9.17) is 4.84 Å². The lowest BCUT2D eigenvalue weighted by atomic mass is 10.1. The predicted molar refractivity (Wildman–Crippen MR) is 92.7 cm³/mol. The van der Waals surface area contributed by atoms with Gasteiger partial charge < -0.3 is 9.82 Å². The molecule has 24 heavy (non-hydrogen) atoms. The van der Waals surface area contributed by atoms with Gasteiger partial charge in [0.05, 0.1) is 23.1 Å². The number of aromatic nitrogens is 4. The molecule has 0 aliphatic carbocycles. The van der Waals surface area contributed by atoms with Gasteiger partial charge in [-0.05, 0) is 45.9 Å². The molecule has 0 amide bonds. The first kappa shape index (κ1) is 14.8. The van der Waals surface area contributed by atoms with Gasteiger partial charge in [-0.2, -0.15) is 5.10 Å². The Morgan fingerprint density at radius 1 is 1.21 bits per heavy atom. The highest BCUT2D eigenvalue weighted by Gasteiger charge is 2.26. The second kappa shape index (κ2) is 5.10. The Bertz CT molecular complexity index is 930. The summed E-state index contributed by atoms with van der Waals surface area (Å²) in [5, 5.41) is 7.47. The summed E-state index contributed by atoms with van der Waals surface area (Å²) >= 11 is 0. The van der Waals surface area contributed by atoms with Gasteiger partial charge in [-0.25, -0.2) is 9.99 Å². The molecule has 0 aromatic carbocycles. The first-order valence-electron chi connectivity index (χ1n) is 7.87. The first-order valence-corrected chi connectivity index (χ1v) is 7.87. The average Bonchev–Trinajstić information content (AvgIpc) is 3.24. The molecule has 4 rings (SSSR count). The van der Waals surface area contributed by atoms with Crippen LogP contribution in [0.25, 0.3) is 16.8 Å². The lowest BCUT2D eigenvalue weighted by Crippen LogP contribution is -2.27. The molecule has 0 saturated carbocycles. The Hall–Kier alpha value is -2.80. The highest BCUT2D eigenvalue weighted by atomic mass is 16.7. The van der Waals surface area contributed by atoms with Crippen molar-refractivity contribution in [3.63, 3.8) is 0 Å². The van der Waals surface area contributed by atoms with Crippen molar-refractivity contribution in [2.24, 2.45) is 0 Å². The summed E-state index contributed by atoms with van der Waals surface area (Å²) in [7, 11) is 0. The number of hydrazine groups is 1. The quantitative estimate of drug-likeness (QED) is 0.758. The molecule has 2 N–H and O–H groups in total. The third-order valence-corrected chi connectivity index (χ3v) is 3.92. The van der Waals surface area contributed by atoms with Gasteiger partial charge in [-0.3, -0.25) is 4.68 Å². The van der Waals surface area contributed by atoms with Gasteiger partial charge in [-0.1, -0.05) is 5.59 Å². The van der Waals surface area contributed by atoms with Crippen LogP contribution in [0.15, 0.2) is 36.8 Å². The molecule has 4 heterocycles. The number of anilines is 1. The maximum atomic E-state index is 5.73. The fraction of sp³-hybridized carbons (Fsp3) is 0.294. The van der Waals surface area contributed by atoms with E-state index in [-0.39, 0.29) is 5.54 Å². The van der Waals surface area contributed by atoms with Crippen LogP contribution in [0.2, 0.25) is 0 Å². The maximum Gasteiger partial charge on any atom is 0.192 e. The van der Waals surface area contributed by atoms with E-state index in [9.17, 15) is 0 Å². The van der Waals surface area contributed by atoms with Crippen LogP contribution >= 0.6 is 0 Å². The molecule has 0 unspecified atom stereocenters. The van der Waals surface area contributed by atoms with Crippen molar-refractivity contribution in [1.29, 1.82) is 0 Å². The normalized spacial score (nSPS) is 15.0. The molecule has 7 heteroatoms. The Labute approximate surface area is 139 Å². The number of hydrogen-bond donors (Lipinski definition) is 2. The topological polar surface area (TPSA) is 71.0 Å². The Balaban J connectivity index is 1.75. The van der Waals surface area contributed by atoms with E-state index < -0.39 is 0 Å². The first-order chi connectivity index (χ1) is 11.4. The number of fused-ring (bicyclic) bond motifs is 1. The number of hydrogen-bond acceptors (Lipinski definition) is 5. The average molecular weight is 324 g/mol. The van der Waals surface area contributed by atoms with Crippen LogP contribution in [-0.4, -0.2) is 19.7 Å². The van der Waals surface area contributed by atoms with Gasteiger partial charge in [0.1, 0.15) is 11.3 Å². The van der Waals surface area contributed by atoms with Gasteiger partial charge in [-0.15, -0.1) is 0 Å². The monoisotopic (exact) mass is 324 g/mol. The number of H-pyrrole nitrogens is 1. The SMILES string of the molecule is Cc1cc(C2=CN(c3ccnc4[nH]ccc34)NO2)n(C(C)(C)C)n1. The van der Waals surface area contributed by atoms with E-state index in [0.29, 0.717) is 0 Å². The standard InChI is InChI=1S/C17H20N6O/c1-11-9-14(23(20-11)17(2,3)4)15-10-22(21-24-15)13-6-8-19-16-12(13)5-7-18-16/h5-10,21H,1-4H3,(H,18,19). The zero-order valence-electron chi connectivity index (χ0n) is 14.2. The van der Waals surface area contributed by atoms with E-state index in [1.165, 1.54) is 0 Å². The third kappa shape index (κ3) is 2.33.